The van der Waals surface area contributed by atoms with Crippen LogP contribution in [0.2, 0.25) is 10.0 Å². The molecule has 0 saturated carbocycles. The first kappa shape index (κ1) is 26.0. The Morgan fingerprint density at radius 3 is 2.17 bits per heavy atom. The third kappa shape index (κ3) is 5.86. The van der Waals surface area contributed by atoms with Crippen molar-refractivity contribution in [2.24, 2.45) is 5.92 Å². The second kappa shape index (κ2) is 9.78. The molecule has 1 aliphatic heterocycles. The molecular formula is C23H24Cl2F3N3O3S. The number of hydrogen-bond acceptors (Lipinski definition) is 5. The Morgan fingerprint density at radius 2 is 1.69 bits per heavy atom. The lowest BCUT2D eigenvalue weighted by molar-refractivity contribution is -0.191. The van der Waals surface area contributed by atoms with Crippen LogP contribution in [0.25, 0.3) is 0 Å². The fraction of sp³-hybridized carbons (Fsp3) is 0.478. The maximum absolute atomic E-state index is 14.0. The van der Waals surface area contributed by atoms with Crippen LogP contribution in [0.4, 0.5) is 18.9 Å². The number of hydrogen-bond donors (Lipinski definition) is 1. The Morgan fingerprint density at radius 1 is 1.11 bits per heavy atom. The van der Waals surface area contributed by atoms with E-state index >= 15 is 0 Å². The minimum Gasteiger partial charge on any atom is -0.380 e. The average Bonchev–Trinajstić information content (AvgIpc) is 3.14. The number of pyridine rings is 1. The number of benzene rings is 1. The minimum absolute atomic E-state index is 0.0115. The highest BCUT2D eigenvalue weighted by molar-refractivity contribution is 7.91. The molecule has 12 heteroatoms. The molecule has 6 nitrogen and oxygen atoms in total. The smallest absolute Gasteiger partial charge is 0.380 e. The zero-order valence-electron chi connectivity index (χ0n) is 18.8. The predicted molar refractivity (Wildman–Crippen MR) is 128 cm³/mol. The van der Waals surface area contributed by atoms with Crippen LogP contribution in [0.15, 0.2) is 30.5 Å². The average molecular weight is 550 g/mol. The summed E-state index contributed by atoms with van der Waals surface area (Å²) in [5, 5.41) is 4.23. The molecule has 0 spiro atoms. The lowest BCUT2D eigenvalue weighted by Crippen LogP contribution is -2.44. The lowest BCUT2D eigenvalue weighted by Gasteiger charge is -2.33. The number of sulfone groups is 1. The number of anilines is 1. The van der Waals surface area contributed by atoms with Gasteiger partial charge in [0.15, 0.2) is 6.04 Å². The number of carbonyl (C=O) groups excluding carboxylic acids is 1. The number of aromatic nitrogens is 1. The maximum Gasteiger partial charge on any atom is 0.414 e. The number of carbonyl (C=O) groups is 1. The first-order chi connectivity index (χ1) is 16.3. The molecule has 1 fully saturated rings. The van der Waals surface area contributed by atoms with Gasteiger partial charge in [-0.25, -0.2) is 8.42 Å². The van der Waals surface area contributed by atoms with E-state index in [1.54, 1.807) is 0 Å². The monoisotopic (exact) mass is 549 g/mol. The molecule has 190 valence electrons. The van der Waals surface area contributed by atoms with Gasteiger partial charge in [-0.15, -0.1) is 0 Å². The fourth-order valence-corrected chi connectivity index (χ4v) is 6.60. The molecule has 1 amide bonds. The van der Waals surface area contributed by atoms with E-state index in [1.807, 2.05) is 12.1 Å². The van der Waals surface area contributed by atoms with Gasteiger partial charge in [-0.05, 0) is 61.1 Å². The first-order valence-corrected chi connectivity index (χ1v) is 13.6. The molecule has 2 aromatic rings. The quantitative estimate of drug-likeness (QED) is 0.576. The molecule has 1 unspecified atom stereocenters. The molecule has 0 radical (unpaired) electrons. The molecule has 2 aliphatic rings. The second-order valence-corrected chi connectivity index (χ2v) is 12.2. The highest BCUT2D eigenvalue weighted by atomic mass is 35.5. The van der Waals surface area contributed by atoms with Crippen LogP contribution in [-0.2, 0) is 27.5 Å². The van der Waals surface area contributed by atoms with Crippen molar-refractivity contribution in [3.05, 3.63) is 57.3 Å². The molecule has 1 aromatic carbocycles. The summed E-state index contributed by atoms with van der Waals surface area (Å²) in [6.45, 7) is 0. The van der Waals surface area contributed by atoms with Crippen molar-refractivity contribution in [2.45, 2.75) is 43.9 Å². The highest BCUT2D eigenvalue weighted by Gasteiger charge is 2.47. The number of halogens is 5. The zero-order valence-corrected chi connectivity index (χ0v) is 21.1. The van der Waals surface area contributed by atoms with Gasteiger partial charge in [-0.2, -0.15) is 13.2 Å². The van der Waals surface area contributed by atoms with Gasteiger partial charge >= 0.3 is 6.18 Å². The Bertz CT molecular complexity index is 1180. The largest absolute Gasteiger partial charge is 0.414 e. The van der Waals surface area contributed by atoms with Crippen molar-refractivity contribution in [3.8, 4) is 0 Å². The standard InChI is InChI=1S/C23H24Cl2F3N3O3S/c1-31(22(32)13-4-6-35(33,34)7-5-13)21(23(26,27)28)20-3-2-16(12-29-20)30-17-8-14-10-18(24)19(25)11-15(14)9-17/h2-3,10-13,17,21,30H,4-9H2,1H3. The molecule has 4 rings (SSSR count). The van der Waals surface area contributed by atoms with Gasteiger partial charge in [0.2, 0.25) is 5.91 Å². The third-order valence-corrected chi connectivity index (χ3v) is 9.00. The Labute approximate surface area is 211 Å². The van der Waals surface area contributed by atoms with Gasteiger partial charge < -0.3 is 10.2 Å². The topological polar surface area (TPSA) is 79.4 Å². The SMILES string of the molecule is CN(C(=O)C1CCS(=O)(=O)CC1)C(c1ccc(NC2Cc3cc(Cl)c(Cl)cc3C2)cn1)C(F)(F)F. The number of nitrogens with one attached hydrogen (secondary N) is 1. The minimum atomic E-state index is -4.75. The summed E-state index contributed by atoms with van der Waals surface area (Å²) in [6.07, 6.45) is -2.01. The zero-order chi connectivity index (χ0) is 25.5. The van der Waals surface area contributed by atoms with Gasteiger partial charge in [0.25, 0.3) is 0 Å². The molecular weight excluding hydrogens is 526 g/mol. The fourth-order valence-electron chi connectivity index (χ4n) is 4.74. The maximum atomic E-state index is 14.0. The Kier molecular flexibility index (Phi) is 7.28. The molecule has 35 heavy (non-hydrogen) atoms. The number of fused-ring (bicyclic) bond motifs is 1. The Hall–Kier alpha value is -2.04. The van der Waals surface area contributed by atoms with Gasteiger partial charge in [0.1, 0.15) is 9.84 Å². The first-order valence-electron chi connectivity index (χ1n) is 11.1. The molecule has 1 saturated heterocycles. The summed E-state index contributed by atoms with van der Waals surface area (Å²) in [6, 6.07) is 4.19. The van der Waals surface area contributed by atoms with Crippen molar-refractivity contribution in [1.82, 2.24) is 9.88 Å². The van der Waals surface area contributed by atoms with Crippen molar-refractivity contribution in [3.63, 3.8) is 0 Å². The van der Waals surface area contributed by atoms with Gasteiger partial charge in [-0.3, -0.25) is 9.78 Å². The lowest BCUT2D eigenvalue weighted by atomic mass is 9.99. The van der Waals surface area contributed by atoms with Crippen molar-refractivity contribution in [2.75, 3.05) is 23.9 Å². The second-order valence-electron chi connectivity index (χ2n) is 9.08. The van der Waals surface area contributed by atoms with E-state index < -0.39 is 33.9 Å². The van der Waals surface area contributed by atoms with Crippen molar-refractivity contribution >= 4 is 44.6 Å². The molecule has 1 aromatic heterocycles. The van der Waals surface area contributed by atoms with Crippen LogP contribution < -0.4 is 5.32 Å². The molecule has 0 bridgehead atoms. The number of amides is 1. The van der Waals surface area contributed by atoms with E-state index in [0.717, 1.165) is 18.2 Å². The normalized spacial score (nSPS) is 19.3. The van der Waals surface area contributed by atoms with Gasteiger partial charge in [0, 0.05) is 19.0 Å². The van der Waals surface area contributed by atoms with Crippen LogP contribution in [0.5, 0.6) is 0 Å². The van der Waals surface area contributed by atoms with Crippen molar-refractivity contribution in [1.29, 1.82) is 0 Å². The Balaban J connectivity index is 1.46. The predicted octanol–water partition coefficient (Wildman–Crippen LogP) is 4.85. The summed E-state index contributed by atoms with van der Waals surface area (Å²) in [4.78, 5) is 17.5. The molecule has 1 N–H and O–H groups in total. The van der Waals surface area contributed by atoms with E-state index in [-0.39, 0.29) is 36.1 Å². The summed E-state index contributed by atoms with van der Waals surface area (Å²) < 4.78 is 65.2. The summed E-state index contributed by atoms with van der Waals surface area (Å²) >= 11 is 12.2. The van der Waals surface area contributed by atoms with Gasteiger partial charge in [0.05, 0.1) is 39.1 Å². The molecule has 1 aliphatic carbocycles. The number of rotatable bonds is 5. The van der Waals surface area contributed by atoms with Crippen LogP contribution in [-0.4, -0.2) is 55.0 Å². The number of nitrogens with zero attached hydrogens (tertiary/aromatic N) is 2. The third-order valence-electron chi connectivity index (χ3n) is 6.56. The van der Waals surface area contributed by atoms with E-state index in [9.17, 15) is 26.4 Å². The van der Waals surface area contributed by atoms with E-state index in [1.165, 1.54) is 18.3 Å². The van der Waals surface area contributed by atoms with Gasteiger partial charge in [-0.1, -0.05) is 23.2 Å². The van der Waals surface area contributed by atoms with Crippen LogP contribution >= 0.6 is 23.2 Å². The summed E-state index contributed by atoms with van der Waals surface area (Å²) in [5.74, 6) is -1.89. The van der Waals surface area contributed by atoms with E-state index in [0.29, 0.717) is 33.5 Å². The summed E-state index contributed by atoms with van der Waals surface area (Å²) in [5.41, 5.74) is 2.37. The van der Waals surface area contributed by atoms with E-state index in [4.69, 9.17) is 23.2 Å². The summed E-state index contributed by atoms with van der Waals surface area (Å²) in [7, 11) is -2.15. The highest BCUT2D eigenvalue weighted by Crippen LogP contribution is 2.38. The van der Waals surface area contributed by atoms with Crippen molar-refractivity contribution < 1.29 is 26.4 Å². The van der Waals surface area contributed by atoms with Crippen LogP contribution in [0.1, 0.15) is 35.7 Å². The van der Waals surface area contributed by atoms with E-state index in [2.05, 4.69) is 10.3 Å². The number of alkyl halides is 3. The van der Waals surface area contributed by atoms with Crippen LogP contribution in [0.3, 0.4) is 0 Å². The van der Waals surface area contributed by atoms with Crippen LogP contribution in [0, 0.1) is 5.92 Å². The molecule has 2 heterocycles. The molecule has 1 atom stereocenters.